The number of amides is 1. The second kappa shape index (κ2) is 13.1. The molecule has 0 bridgehead atoms. The van der Waals surface area contributed by atoms with E-state index >= 15 is 0 Å². The van der Waals surface area contributed by atoms with E-state index in [1.54, 1.807) is 32.2 Å². The van der Waals surface area contributed by atoms with Crippen LogP contribution in [0, 0.1) is 18.3 Å². The van der Waals surface area contributed by atoms with Crippen molar-refractivity contribution in [3.05, 3.63) is 103 Å². The van der Waals surface area contributed by atoms with Gasteiger partial charge in [-0.2, -0.15) is 10.4 Å². The van der Waals surface area contributed by atoms with Gasteiger partial charge in [-0.05, 0) is 57.4 Å². The number of fused-ring (bicyclic) bond motifs is 1. The van der Waals surface area contributed by atoms with Gasteiger partial charge in [-0.3, -0.25) is 9.59 Å². The Bertz CT molecular complexity index is 1690. The van der Waals surface area contributed by atoms with Crippen molar-refractivity contribution in [2.45, 2.75) is 26.7 Å². The van der Waals surface area contributed by atoms with Gasteiger partial charge in [0.2, 0.25) is 0 Å². The van der Waals surface area contributed by atoms with Gasteiger partial charge in [-0.1, -0.05) is 42.5 Å². The molecule has 0 aliphatic heterocycles. The minimum Gasteiger partial charge on any atom is -0.493 e. The first-order valence-corrected chi connectivity index (χ1v) is 13.1. The molecular formula is C30H27BrN4O5. The Morgan fingerprint density at radius 3 is 2.60 bits per heavy atom. The quantitative estimate of drug-likeness (QED) is 0.205. The third-order valence-corrected chi connectivity index (χ3v) is 6.93. The van der Waals surface area contributed by atoms with E-state index in [-0.39, 0.29) is 18.7 Å². The molecule has 0 aliphatic rings. The van der Waals surface area contributed by atoms with Gasteiger partial charge in [0, 0.05) is 28.4 Å². The Balaban J connectivity index is 1.45. The first kappa shape index (κ1) is 28.5. The van der Waals surface area contributed by atoms with Crippen molar-refractivity contribution in [1.29, 1.82) is 5.26 Å². The van der Waals surface area contributed by atoms with Crippen molar-refractivity contribution in [3.8, 4) is 17.6 Å². The summed E-state index contributed by atoms with van der Waals surface area (Å²) >= 11 is 3.53. The lowest BCUT2D eigenvalue weighted by molar-refractivity contribution is -0.121. The topological polar surface area (TPSA) is 115 Å². The highest BCUT2D eigenvalue weighted by atomic mass is 79.9. The molecule has 0 saturated heterocycles. The van der Waals surface area contributed by atoms with E-state index in [1.807, 2.05) is 30.3 Å². The van der Waals surface area contributed by atoms with E-state index in [2.05, 4.69) is 44.7 Å². The SMILES string of the molecule is COCc1cc(C)n(CC(=O)N/N=C\c2cc(OC)c(OCc3cccc4ccccc34)cc2Br)c(=O)c1C#N. The Morgan fingerprint density at radius 1 is 1.07 bits per heavy atom. The van der Waals surface area contributed by atoms with Crippen LogP contribution >= 0.6 is 15.9 Å². The fourth-order valence-electron chi connectivity index (χ4n) is 4.27. The summed E-state index contributed by atoms with van der Waals surface area (Å²) in [7, 11) is 3.03. The summed E-state index contributed by atoms with van der Waals surface area (Å²) in [6, 6.07) is 21.3. The summed E-state index contributed by atoms with van der Waals surface area (Å²) in [5.74, 6) is 0.519. The lowest BCUT2D eigenvalue weighted by Gasteiger charge is -2.14. The van der Waals surface area contributed by atoms with Gasteiger partial charge in [0.1, 0.15) is 24.8 Å². The number of hydrogen-bond acceptors (Lipinski definition) is 7. The molecule has 4 aromatic rings. The molecule has 9 nitrogen and oxygen atoms in total. The molecule has 0 atom stereocenters. The van der Waals surface area contributed by atoms with Gasteiger partial charge in [0.05, 0.1) is 19.9 Å². The summed E-state index contributed by atoms with van der Waals surface area (Å²) in [6.07, 6.45) is 1.46. The molecule has 4 rings (SSSR count). The molecule has 0 saturated carbocycles. The molecule has 40 heavy (non-hydrogen) atoms. The van der Waals surface area contributed by atoms with Crippen LogP contribution in [0.3, 0.4) is 0 Å². The molecule has 1 aromatic heterocycles. The highest BCUT2D eigenvalue weighted by molar-refractivity contribution is 9.10. The van der Waals surface area contributed by atoms with Crippen LogP contribution in [0.1, 0.15) is 27.9 Å². The van der Waals surface area contributed by atoms with Gasteiger partial charge in [-0.15, -0.1) is 0 Å². The zero-order valence-corrected chi connectivity index (χ0v) is 23.8. The van der Waals surface area contributed by atoms with Crippen LogP contribution in [-0.4, -0.2) is 30.9 Å². The number of nitrogens with one attached hydrogen (secondary N) is 1. The van der Waals surface area contributed by atoms with Crippen molar-refractivity contribution < 1.29 is 19.0 Å². The third kappa shape index (κ3) is 6.39. The number of hydrogen-bond donors (Lipinski definition) is 1. The van der Waals surface area contributed by atoms with Gasteiger partial charge < -0.3 is 18.8 Å². The van der Waals surface area contributed by atoms with Crippen molar-refractivity contribution in [1.82, 2.24) is 9.99 Å². The van der Waals surface area contributed by atoms with E-state index in [1.165, 1.54) is 17.9 Å². The van der Waals surface area contributed by atoms with Crippen molar-refractivity contribution in [3.63, 3.8) is 0 Å². The van der Waals surface area contributed by atoms with Crippen LogP contribution in [0.2, 0.25) is 0 Å². The van der Waals surface area contributed by atoms with Crippen molar-refractivity contribution >= 4 is 38.8 Å². The number of carbonyl (C=O) groups is 1. The van der Waals surface area contributed by atoms with Gasteiger partial charge in [0.25, 0.3) is 11.5 Å². The standard InChI is InChI=1S/C30H27BrN4O5/c1-19-11-23(17-38-2)25(14-32)30(37)35(19)16-29(36)34-33-15-22-12-27(39-3)28(13-26(22)31)40-18-21-9-6-8-20-7-4-5-10-24(20)21/h4-13,15H,16-18H2,1-3H3,(H,34,36)/b33-15-. The fraction of sp³-hybridized carbons (Fsp3) is 0.200. The minimum atomic E-state index is -0.555. The van der Waals surface area contributed by atoms with E-state index in [0.29, 0.717) is 39.4 Å². The summed E-state index contributed by atoms with van der Waals surface area (Å²) in [5.41, 5.74) is 4.51. The van der Waals surface area contributed by atoms with E-state index in [4.69, 9.17) is 14.2 Å². The molecule has 1 heterocycles. The van der Waals surface area contributed by atoms with Crippen LogP contribution < -0.4 is 20.5 Å². The van der Waals surface area contributed by atoms with Gasteiger partial charge >= 0.3 is 0 Å². The largest absolute Gasteiger partial charge is 0.493 e. The van der Waals surface area contributed by atoms with Crippen LogP contribution in [0.4, 0.5) is 0 Å². The number of benzene rings is 3. The maximum absolute atomic E-state index is 12.7. The number of hydrazone groups is 1. The number of nitrogens with zero attached hydrogens (tertiary/aromatic N) is 3. The minimum absolute atomic E-state index is 0.0532. The number of nitriles is 1. The third-order valence-electron chi connectivity index (χ3n) is 6.24. The first-order chi connectivity index (χ1) is 19.4. The number of aromatic nitrogens is 1. The number of aryl methyl sites for hydroxylation is 1. The Morgan fingerprint density at radius 2 is 1.85 bits per heavy atom. The Hall–Kier alpha value is -4.46. The maximum Gasteiger partial charge on any atom is 0.269 e. The molecule has 204 valence electrons. The first-order valence-electron chi connectivity index (χ1n) is 12.3. The number of pyridine rings is 1. The number of rotatable bonds is 10. The summed E-state index contributed by atoms with van der Waals surface area (Å²) in [5, 5.41) is 15.7. The molecule has 10 heteroatoms. The summed E-state index contributed by atoms with van der Waals surface area (Å²) in [4.78, 5) is 25.3. The van der Waals surface area contributed by atoms with E-state index < -0.39 is 11.5 Å². The van der Waals surface area contributed by atoms with Crippen LogP contribution in [0.25, 0.3) is 10.8 Å². The summed E-state index contributed by atoms with van der Waals surface area (Å²) in [6.45, 7) is 1.87. The van der Waals surface area contributed by atoms with Crippen LogP contribution in [0.5, 0.6) is 11.5 Å². The summed E-state index contributed by atoms with van der Waals surface area (Å²) < 4.78 is 18.6. The van der Waals surface area contributed by atoms with Crippen molar-refractivity contribution in [2.24, 2.45) is 5.10 Å². The lowest BCUT2D eigenvalue weighted by atomic mass is 10.1. The monoisotopic (exact) mass is 602 g/mol. The number of halogens is 1. The average molecular weight is 603 g/mol. The molecule has 0 radical (unpaired) electrons. The molecular weight excluding hydrogens is 576 g/mol. The fourth-order valence-corrected chi connectivity index (χ4v) is 4.69. The van der Waals surface area contributed by atoms with Gasteiger partial charge in [-0.25, -0.2) is 5.43 Å². The maximum atomic E-state index is 12.7. The zero-order chi connectivity index (χ0) is 28.6. The van der Waals surface area contributed by atoms with Crippen LogP contribution in [-0.2, 0) is 29.3 Å². The number of carbonyl (C=O) groups excluding carboxylic acids is 1. The van der Waals surface area contributed by atoms with E-state index in [9.17, 15) is 14.9 Å². The number of methoxy groups -OCH3 is 2. The Kier molecular flexibility index (Phi) is 9.32. The van der Waals surface area contributed by atoms with E-state index in [0.717, 1.165) is 16.3 Å². The smallest absolute Gasteiger partial charge is 0.269 e. The highest BCUT2D eigenvalue weighted by Crippen LogP contribution is 2.34. The Labute approximate surface area is 239 Å². The molecule has 1 N–H and O–H groups in total. The molecule has 1 amide bonds. The molecule has 0 spiro atoms. The normalized spacial score (nSPS) is 11.0. The average Bonchev–Trinajstić information content (AvgIpc) is 2.95. The van der Waals surface area contributed by atoms with Crippen LogP contribution in [0.15, 0.2) is 75.0 Å². The second-order valence-electron chi connectivity index (χ2n) is 8.87. The molecule has 3 aromatic carbocycles. The lowest BCUT2D eigenvalue weighted by Crippen LogP contribution is -2.33. The second-order valence-corrected chi connectivity index (χ2v) is 9.72. The van der Waals surface area contributed by atoms with Crippen molar-refractivity contribution in [2.75, 3.05) is 14.2 Å². The zero-order valence-electron chi connectivity index (χ0n) is 22.2. The predicted octanol–water partition coefficient (Wildman–Crippen LogP) is 4.83. The highest BCUT2D eigenvalue weighted by Gasteiger charge is 2.15. The van der Waals surface area contributed by atoms with Gasteiger partial charge in [0.15, 0.2) is 11.5 Å². The molecule has 0 unspecified atom stereocenters. The predicted molar refractivity (Wildman–Crippen MR) is 156 cm³/mol. The number of ether oxygens (including phenoxy) is 3. The molecule has 0 fully saturated rings. The molecule has 0 aliphatic carbocycles.